The first-order chi connectivity index (χ1) is 18.1. The molecule has 10 nitrogen and oxygen atoms in total. The van der Waals surface area contributed by atoms with Crippen molar-refractivity contribution in [3.05, 3.63) is 60.8 Å². The van der Waals surface area contributed by atoms with E-state index >= 15 is 0 Å². The van der Waals surface area contributed by atoms with E-state index in [0.717, 1.165) is 66.4 Å². The van der Waals surface area contributed by atoms with Crippen LogP contribution in [0.1, 0.15) is 18.4 Å². The average molecular weight is 495 g/mol. The van der Waals surface area contributed by atoms with Crippen molar-refractivity contribution in [1.29, 1.82) is 0 Å². The second kappa shape index (κ2) is 8.38. The fraction of sp³-hybridized carbons (Fsp3) is 0.296. The molecule has 1 N–H and O–H groups in total. The zero-order valence-corrected chi connectivity index (χ0v) is 20.7. The second-order valence-corrected chi connectivity index (χ2v) is 9.77. The highest BCUT2D eigenvalue weighted by atomic mass is 16.5. The Bertz CT molecular complexity index is 1640. The van der Waals surface area contributed by atoms with Crippen molar-refractivity contribution < 1.29 is 9.47 Å². The molecule has 10 heteroatoms. The molecule has 2 fully saturated rings. The predicted octanol–water partition coefficient (Wildman–Crippen LogP) is 4.52. The highest BCUT2D eigenvalue weighted by Crippen LogP contribution is 2.40. The van der Waals surface area contributed by atoms with Crippen LogP contribution in [0.25, 0.3) is 22.1 Å². The van der Waals surface area contributed by atoms with E-state index in [2.05, 4.69) is 30.2 Å². The van der Waals surface area contributed by atoms with E-state index in [-0.39, 0.29) is 5.54 Å². The fourth-order valence-corrected chi connectivity index (χ4v) is 5.21. The third kappa shape index (κ3) is 3.72. The van der Waals surface area contributed by atoms with Crippen molar-refractivity contribution in [3.63, 3.8) is 0 Å². The summed E-state index contributed by atoms with van der Waals surface area (Å²) in [5.41, 5.74) is 5.25. The van der Waals surface area contributed by atoms with Crippen LogP contribution in [0.5, 0.6) is 11.5 Å². The van der Waals surface area contributed by atoms with Gasteiger partial charge in [-0.05, 0) is 55.7 Å². The van der Waals surface area contributed by atoms with Gasteiger partial charge >= 0.3 is 0 Å². The quantitative estimate of drug-likeness (QED) is 0.378. The van der Waals surface area contributed by atoms with Gasteiger partial charge in [0.15, 0.2) is 5.82 Å². The van der Waals surface area contributed by atoms with Crippen LogP contribution in [0.15, 0.2) is 55.2 Å². The minimum absolute atomic E-state index is 0.0327. The lowest BCUT2D eigenvalue weighted by Crippen LogP contribution is -2.61. The van der Waals surface area contributed by atoms with Gasteiger partial charge in [-0.3, -0.25) is 0 Å². The molecule has 5 heterocycles. The number of nitrogens with one attached hydrogen (secondary N) is 1. The fourth-order valence-electron chi connectivity index (χ4n) is 5.21. The lowest BCUT2D eigenvalue weighted by molar-refractivity contribution is 0.155. The molecule has 0 bridgehead atoms. The number of hydrogen-bond donors (Lipinski definition) is 1. The number of anilines is 3. The first-order valence-corrected chi connectivity index (χ1v) is 12.4. The predicted molar refractivity (Wildman–Crippen MR) is 141 cm³/mol. The number of fused-ring (bicyclic) bond motifs is 2. The summed E-state index contributed by atoms with van der Waals surface area (Å²) in [6.45, 7) is 4.47. The molecule has 7 rings (SSSR count). The molecule has 1 spiro atoms. The van der Waals surface area contributed by atoms with Gasteiger partial charge < -0.3 is 24.3 Å². The summed E-state index contributed by atoms with van der Waals surface area (Å²) in [6, 6.07) is 11.9. The van der Waals surface area contributed by atoms with E-state index in [1.54, 1.807) is 12.5 Å². The summed E-state index contributed by atoms with van der Waals surface area (Å²) in [6.07, 6.45) is 7.22. The maximum absolute atomic E-state index is 6.17. The minimum Gasteiger partial charge on any atom is -0.457 e. The third-order valence-electron chi connectivity index (χ3n) is 7.42. The first kappa shape index (κ1) is 21.9. The molecular weight excluding hydrogens is 468 g/mol. The largest absolute Gasteiger partial charge is 0.457 e. The van der Waals surface area contributed by atoms with Crippen molar-refractivity contribution in [3.8, 4) is 11.5 Å². The van der Waals surface area contributed by atoms with Crippen LogP contribution in [0.4, 0.5) is 17.5 Å². The summed E-state index contributed by atoms with van der Waals surface area (Å²) >= 11 is 0. The molecule has 0 saturated carbocycles. The van der Waals surface area contributed by atoms with Crippen LogP contribution in [0.2, 0.25) is 0 Å². The molecule has 0 unspecified atom stereocenters. The number of aryl methyl sites for hydroxylation is 2. The van der Waals surface area contributed by atoms with Crippen molar-refractivity contribution in [2.24, 2.45) is 7.05 Å². The van der Waals surface area contributed by atoms with Crippen LogP contribution in [0, 0.1) is 6.92 Å². The van der Waals surface area contributed by atoms with Gasteiger partial charge in [0, 0.05) is 32.0 Å². The second-order valence-electron chi connectivity index (χ2n) is 9.77. The molecule has 0 amide bonds. The lowest BCUT2D eigenvalue weighted by Gasteiger charge is -2.49. The molecule has 2 saturated heterocycles. The number of nitrogens with zero attached hydrogens (tertiary/aromatic N) is 7. The molecule has 3 aromatic heterocycles. The Morgan fingerprint density at radius 1 is 1.03 bits per heavy atom. The van der Waals surface area contributed by atoms with Crippen molar-refractivity contribution in [2.45, 2.75) is 25.3 Å². The van der Waals surface area contributed by atoms with Gasteiger partial charge in [-0.25, -0.2) is 24.9 Å². The van der Waals surface area contributed by atoms with Gasteiger partial charge in [0.1, 0.15) is 28.9 Å². The van der Waals surface area contributed by atoms with Gasteiger partial charge in [-0.1, -0.05) is 0 Å². The minimum atomic E-state index is 0.0327. The Kier molecular flexibility index (Phi) is 4.97. The molecular formula is C27H26N8O2. The highest BCUT2D eigenvalue weighted by Gasteiger charge is 2.48. The lowest BCUT2D eigenvalue weighted by atomic mass is 9.84. The normalized spacial score (nSPS) is 19.0. The van der Waals surface area contributed by atoms with Crippen LogP contribution in [0.3, 0.4) is 0 Å². The highest BCUT2D eigenvalue weighted by molar-refractivity contribution is 5.87. The van der Waals surface area contributed by atoms with E-state index in [1.165, 1.54) is 6.33 Å². The van der Waals surface area contributed by atoms with E-state index in [1.807, 2.05) is 54.9 Å². The van der Waals surface area contributed by atoms with Crippen LogP contribution >= 0.6 is 0 Å². The Hall–Kier alpha value is -4.31. The monoisotopic (exact) mass is 494 g/mol. The van der Waals surface area contributed by atoms with Gasteiger partial charge in [-0.2, -0.15) is 0 Å². The first-order valence-electron chi connectivity index (χ1n) is 12.4. The van der Waals surface area contributed by atoms with Crippen molar-refractivity contribution in [1.82, 2.24) is 29.5 Å². The molecule has 0 radical (unpaired) electrons. The number of rotatable bonds is 5. The summed E-state index contributed by atoms with van der Waals surface area (Å²) in [4.78, 5) is 25.0. The Balaban J connectivity index is 1.14. The molecule has 0 aliphatic carbocycles. The molecule has 2 aliphatic heterocycles. The Morgan fingerprint density at radius 2 is 1.97 bits per heavy atom. The number of aromatic nitrogens is 6. The number of hydrogen-bond acceptors (Lipinski definition) is 9. The van der Waals surface area contributed by atoms with Crippen molar-refractivity contribution >= 4 is 39.5 Å². The molecule has 5 aromatic rings. The van der Waals surface area contributed by atoms with Gasteiger partial charge in [-0.15, -0.1) is 0 Å². The topological polar surface area (TPSA) is 103 Å². The zero-order chi connectivity index (χ0) is 25.0. The smallest absolute Gasteiger partial charge is 0.226 e. The maximum Gasteiger partial charge on any atom is 0.226 e. The summed E-state index contributed by atoms with van der Waals surface area (Å²) in [5.74, 6) is 2.86. The van der Waals surface area contributed by atoms with Crippen LogP contribution in [-0.2, 0) is 11.8 Å². The van der Waals surface area contributed by atoms with Crippen LogP contribution < -0.4 is 15.0 Å². The van der Waals surface area contributed by atoms with E-state index in [9.17, 15) is 0 Å². The number of imidazole rings is 1. The van der Waals surface area contributed by atoms with E-state index in [0.29, 0.717) is 22.8 Å². The summed E-state index contributed by atoms with van der Waals surface area (Å²) < 4.78 is 13.8. The average Bonchev–Trinajstić information content (AvgIpc) is 3.54. The Morgan fingerprint density at radius 3 is 2.78 bits per heavy atom. The molecule has 37 heavy (non-hydrogen) atoms. The molecule has 2 aliphatic rings. The molecule has 186 valence electrons. The van der Waals surface area contributed by atoms with E-state index < -0.39 is 0 Å². The van der Waals surface area contributed by atoms with Gasteiger partial charge in [0.05, 0.1) is 35.7 Å². The molecule has 1 atom stereocenters. The zero-order valence-electron chi connectivity index (χ0n) is 20.7. The molecule has 2 aromatic carbocycles. The standard InChI is InChI=1S/C27H26N8O2/c1-17-11-18(3-6-23(17)37-19-4-5-22-20(12-19)31-16-34(22)2)32-25-24-21(29-15-30-25)13-28-26(33-24)35-9-7-27(35)8-10-36-14-27/h3-6,11-13,15-16H,7-10,14H2,1-2H3,(H,29,30,32)/t27-/m0/s1. The summed E-state index contributed by atoms with van der Waals surface area (Å²) in [5, 5.41) is 3.42. The maximum atomic E-state index is 6.17. The summed E-state index contributed by atoms with van der Waals surface area (Å²) in [7, 11) is 1.98. The number of benzene rings is 2. The number of ether oxygens (including phenoxy) is 2. The van der Waals surface area contributed by atoms with Crippen LogP contribution in [-0.4, -0.2) is 54.8 Å². The van der Waals surface area contributed by atoms with Gasteiger partial charge in [0.25, 0.3) is 0 Å². The van der Waals surface area contributed by atoms with Gasteiger partial charge in [0.2, 0.25) is 5.95 Å². The third-order valence-corrected chi connectivity index (χ3v) is 7.42. The van der Waals surface area contributed by atoms with E-state index in [4.69, 9.17) is 14.5 Å². The Labute approximate surface area is 213 Å². The van der Waals surface area contributed by atoms with Crippen molar-refractivity contribution in [2.75, 3.05) is 30.0 Å². The SMILES string of the molecule is Cc1cc(Nc2ncnc3cnc(N4CC[C@@]45CCOC5)nc23)ccc1Oc1ccc2c(c1)ncn2C.